The van der Waals surface area contributed by atoms with Crippen molar-refractivity contribution in [1.29, 1.82) is 0 Å². The van der Waals surface area contributed by atoms with E-state index in [-0.39, 0.29) is 5.69 Å². The van der Waals surface area contributed by atoms with E-state index in [9.17, 15) is 19.1 Å². The number of carbonyl (C=O) groups is 2. The first-order valence-electron chi connectivity index (χ1n) is 8.34. The molecule has 0 unspecified atom stereocenters. The number of nitrogens with one attached hydrogen (secondary N) is 1. The number of aliphatic carboxylic acids is 1. The lowest BCUT2D eigenvalue weighted by atomic mass is 10.1. The Kier molecular flexibility index (Phi) is 3.42. The van der Waals surface area contributed by atoms with Gasteiger partial charge >= 0.3 is 5.97 Å². The van der Waals surface area contributed by atoms with E-state index in [2.05, 4.69) is 10.4 Å². The van der Waals surface area contributed by atoms with Crippen molar-refractivity contribution in [3.05, 3.63) is 46.5 Å². The number of nitrogens with zero attached hydrogens (tertiary/aromatic N) is 2. The fourth-order valence-corrected chi connectivity index (χ4v) is 3.40. The van der Waals surface area contributed by atoms with Crippen LogP contribution in [0, 0.1) is 12.7 Å². The summed E-state index contributed by atoms with van der Waals surface area (Å²) in [5.41, 5.74) is 1.77. The average Bonchev–Trinajstić information content (AvgIpc) is 3.03. The number of aryl methyl sites for hydroxylation is 1. The van der Waals surface area contributed by atoms with Crippen LogP contribution in [0.4, 0.5) is 4.39 Å². The zero-order valence-corrected chi connectivity index (χ0v) is 13.8. The second kappa shape index (κ2) is 5.40. The number of hydrogen-bond acceptors (Lipinski definition) is 3. The van der Waals surface area contributed by atoms with E-state index < -0.39 is 23.2 Å². The van der Waals surface area contributed by atoms with Gasteiger partial charge in [0.15, 0.2) is 5.69 Å². The summed E-state index contributed by atoms with van der Waals surface area (Å²) < 4.78 is 15.9. The molecule has 0 atom stereocenters. The smallest absolute Gasteiger partial charge is 0.329 e. The summed E-state index contributed by atoms with van der Waals surface area (Å²) in [7, 11) is 0. The summed E-state index contributed by atoms with van der Waals surface area (Å²) in [5, 5.41) is 16.2. The maximum atomic E-state index is 14.4. The number of carboxylic acids is 1. The minimum Gasteiger partial charge on any atom is -0.480 e. The fraction of sp³-hybridized carbons (Fsp3) is 0.389. The Morgan fingerprint density at radius 1 is 1.32 bits per heavy atom. The van der Waals surface area contributed by atoms with E-state index in [0.29, 0.717) is 31.4 Å². The van der Waals surface area contributed by atoms with Crippen LogP contribution in [0.2, 0.25) is 0 Å². The molecule has 1 fully saturated rings. The fourth-order valence-electron chi connectivity index (χ4n) is 3.40. The predicted molar refractivity (Wildman–Crippen MR) is 87.4 cm³/mol. The molecule has 1 aromatic heterocycles. The molecular weight excluding hydrogens is 325 g/mol. The van der Waals surface area contributed by atoms with Crippen molar-refractivity contribution in [2.45, 2.75) is 44.6 Å². The molecule has 2 aromatic rings. The zero-order chi connectivity index (χ0) is 17.8. The van der Waals surface area contributed by atoms with Gasteiger partial charge in [-0.3, -0.25) is 4.79 Å². The molecule has 0 spiro atoms. The van der Waals surface area contributed by atoms with Crippen LogP contribution in [0.25, 0.3) is 5.69 Å². The lowest BCUT2D eigenvalue weighted by Gasteiger charge is -2.11. The number of aromatic nitrogens is 2. The lowest BCUT2D eigenvalue weighted by molar-refractivity contribution is -0.140. The van der Waals surface area contributed by atoms with Crippen LogP contribution in [0.3, 0.4) is 0 Å². The van der Waals surface area contributed by atoms with Crippen molar-refractivity contribution < 1.29 is 19.1 Å². The SMILES string of the molecule is Cc1ccc(-n2nc(C(=O)NC3(C(=O)O)CC3)c3c2CCC3)c(F)c1. The van der Waals surface area contributed by atoms with Crippen molar-refractivity contribution in [2.75, 3.05) is 0 Å². The Hall–Kier alpha value is -2.70. The Labute approximate surface area is 143 Å². The summed E-state index contributed by atoms with van der Waals surface area (Å²) in [5.74, 6) is -1.92. The van der Waals surface area contributed by atoms with Gasteiger partial charge in [0.25, 0.3) is 5.91 Å². The van der Waals surface area contributed by atoms with E-state index in [1.165, 1.54) is 10.7 Å². The summed E-state index contributed by atoms with van der Waals surface area (Å²) >= 11 is 0. The van der Waals surface area contributed by atoms with Crippen LogP contribution in [-0.4, -0.2) is 32.3 Å². The number of fused-ring (bicyclic) bond motifs is 1. The molecule has 7 heteroatoms. The zero-order valence-electron chi connectivity index (χ0n) is 13.8. The van der Waals surface area contributed by atoms with Crippen LogP contribution < -0.4 is 5.32 Å². The average molecular weight is 343 g/mol. The lowest BCUT2D eigenvalue weighted by Crippen LogP contribution is -2.43. The second-order valence-corrected chi connectivity index (χ2v) is 6.84. The van der Waals surface area contributed by atoms with Gasteiger partial charge in [0, 0.05) is 11.3 Å². The molecule has 1 aromatic carbocycles. The number of carboxylic acid groups (broad SMARTS) is 1. The van der Waals surface area contributed by atoms with Crippen LogP contribution in [0.1, 0.15) is 46.6 Å². The highest BCUT2D eigenvalue weighted by molar-refractivity contribution is 5.99. The van der Waals surface area contributed by atoms with Gasteiger partial charge in [0.05, 0.1) is 0 Å². The van der Waals surface area contributed by atoms with Crippen molar-refractivity contribution in [2.24, 2.45) is 0 Å². The van der Waals surface area contributed by atoms with Gasteiger partial charge in [-0.2, -0.15) is 5.10 Å². The number of halogens is 1. The quantitative estimate of drug-likeness (QED) is 0.891. The Morgan fingerprint density at radius 3 is 2.72 bits per heavy atom. The normalized spacial score (nSPS) is 17.2. The van der Waals surface area contributed by atoms with Gasteiger partial charge in [-0.25, -0.2) is 13.9 Å². The van der Waals surface area contributed by atoms with Gasteiger partial charge in [0.2, 0.25) is 0 Å². The standard InChI is InChI=1S/C18H18FN3O3/c1-10-5-6-14(12(19)9-10)22-13-4-2-3-11(13)15(21-22)16(23)20-18(7-8-18)17(24)25/h5-6,9H,2-4,7-8H2,1H3,(H,20,23)(H,24,25). The molecule has 2 aliphatic rings. The van der Waals surface area contributed by atoms with Gasteiger partial charge in [-0.1, -0.05) is 6.07 Å². The molecule has 2 N–H and O–H groups in total. The molecule has 1 saturated carbocycles. The molecule has 0 radical (unpaired) electrons. The second-order valence-electron chi connectivity index (χ2n) is 6.84. The third-order valence-electron chi connectivity index (χ3n) is 4.99. The molecule has 1 heterocycles. The summed E-state index contributed by atoms with van der Waals surface area (Å²) in [4.78, 5) is 23.9. The first-order valence-corrected chi connectivity index (χ1v) is 8.34. The highest BCUT2D eigenvalue weighted by Gasteiger charge is 2.52. The third-order valence-corrected chi connectivity index (χ3v) is 4.99. The Morgan fingerprint density at radius 2 is 2.08 bits per heavy atom. The molecule has 4 rings (SSSR count). The van der Waals surface area contributed by atoms with E-state index in [1.54, 1.807) is 19.1 Å². The number of rotatable bonds is 4. The van der Waals surface area contributed by atoms with E-state index in [1.807, 2.05) is 0 Å². The maximum absolute atomic E-state index is 14.4. The summed E-state index contributed by atoms with van der Waals surface area (Å²) in [6, 6.07) is 4.88. The first-order chi connectivity index (χ1) is 11.9. The van der Waals surface area contributed by atoms with Crippen molar-refractivity contribution in [3.8, 4) is 5.69 Å². The predicted octanol–water partition coefficient (Wildman–Crippen LogP) is 2.16. The Balaban J connectivity index is 1.73. The van der Waals surface area contributed by atoms with E-state index in [0.717, 1.165) is 23.2 Å². The van der Waals surface area contributed by atoms with E-state index >= 15 is 0 Å². The maximum Gasteiger partial charge on any atom is 0.329 e. The minimum atomic E-state index is -1.17. The number of carbonyl (C=O) groups excluding carboxylic acids is 1. The molecule has 130 valence electrons. The Bertz CT molecular complexity index is 899. The molecule has 25 heavy (non-hydrogen) atoms. The molecule has 6 nitrogen and oxygen atoms in total. The van der Waals surface area contributed by atoms with Gasteiger partial charge in [-0.05, 0) is 56.7 Å². The molecule has 0 bridgehead atoms. The summed E-state index contributed by atoms with van der Waals surface area (Å²) in [6.07, 6.45) is 3.11. The van der Waals surface area contributed by atoms with Crippen molar-refractivity contribution in [1.82, 2.24) is 15.1 Å². The van der Waals surface area contributed by atoms with Gasteiger partial charge in [0.1, 0.15) is 17.0 Å². The minimum absolute atomic E-state index is 0.208. The number of benzene rings is 1. The number of amides is 1. The van der Waals surface area contributed by atoms with Crippen LogP contribution in [0.15, 0.2) is 18.2 Å². The largest absolute Gasteiger partial charge is 0.480 e. The first kappa shape index (κ1) is 15.8. The van der Waals surface area contributed by atoms with E-state index in [4.69, 9.17) is 0 Å². The molecular formula is C18H18FN3O3. The van der Waals surface area contributed by atoms with Gasteiger partial charge < -0.3 is 10.4 Å². The third kappa shape index (κ3) is 2.50. The van der Waals surface area contributed by atoms with Crippen LogP contribution in [0.5, 0.6) is 0 Å². The van der Waals surface area contributed by atoms with Crippen molar-refractivity contribution >= 4 is 11.9 Å². The highest BCUT2D eigenvalue weighted by atomic mass is 19.1. The highest BCUT2D eigenvalue weighted by Crippen LogP contribution is 2.36. The molecule has 1 amide bonds. The molecule has 2 aliphatic carbocycles. The van der Waals surface area contributed by atoms with Crippen LogP contribution >= 0.6 is 0 Å². The molecule has 0 saturated heterocycles. The monoisotopic (exact) mass is 343 g/mol. The topological polar surface area (TPSA) is 84.2 Å². The van der Waals surface area contributed by atoms with Crippen LogP contribution in [-0.2, 0) is 17.6 Å². The van der Waals surface area contributed by atoms with Gasteiger partial charge in [-0.15, -0.1) is 0 Å². The van der Waals surface area contributed by atoms with Crippen molar-refractivity contribution in [3.63, 3.8) is 0 Å². The number of hydrogen-bond donors (Lipinski definition) is 2. The summed E-state index contributed by atoms with van der Waals surface area (Å²) in [6.45, 7) is 1.81. The molecule has 0 aliphatic heterocycles.